The number of ketones is 2. The molecule has 1 fully saturated rings. The van der Waals surface area contributed by atoms with Crippen molar-refractivity contribution in [3.05, 3.63) is 58.9 Å². The first-order valence-electron chi connectivity index (χ1n) is 7.99. The highest BCUT2D eigenvalue weighted by atomic mass is 16.4. The zero-order valence-electron chi connectivity index (χ0n) is 12.7. The van der Waals surface area contributed by atoms with Crippen LogP contribution < -0.4 is 4.90 Å². The lowest BCUT2D eigenvalue weighted by Gasteiger charge is -2.25. The van der Waals surface area contributed by atoms with Gasteiger partial charge in [-0.25, -0.2) is 0 Å². The molecule has 1 aliphatic carbocycles. The molecule has 1 aromatic heterocycles. The number of Topliss-reactive ketones (excluding diaryl/α,β-unsaturated/α-hetero) is 2. The zero-order chi connectivity index (χ0) is 15.8. The fourth-order valence-electron chi connectivity index (χ4n) is 3.25. The number of nitrogens with zero attached hydrogens (tertiary/aromatic N) is 1. The van der Waals surface area contributed by atoms with Gasteiger partial charge in [-0.05, 0) is 31.4 Å². The molecule has 116 valence electrons. The van der Waals surface area contributed by atoms with Crippen LogP contribution in [0.1, 0.15) is 45.7 Å². The number of anilines is 1. The summed E-state index contributed by atoms with van der Waals surface area (Å²) < 4.78 is 5.83. The van der Waals surface area contributed by atoms with E-state index in [1.165, 1.54) is 19.3 Å². The standard InChI is InChI=1S/C19H17NO3/c21-18-14-6-2-3-7-15(14)19(22)16(18)12-13-8-9-17(23-13)20-10-4-1-5-11-20/h2-3,6-9,12H,1,4-5,10-11H2. The number of hydrogen-bond acceptors (Lipinski definition) is 4. The predicted molar refractivity (Wildman–Crippen MR) is 87.9 cm³/mol. The molecule has 0 saturated carbocycles. The number of furan rings is 1. The minimum atomic E-state index is -0.221. The smallest absolute Gasteiger partial charge is 0.197 e. The molecule has 1 saturated heterocycles. The van der Waals surface area contributed by atoms with Crippen LogP contribution in [-0.2, 0) is 0 Å². The second-order valence-electron chi connectivity index (χ2n) is 5.99. The highest BCUT2D eigenvalue weighted by Gasteiger charge is 2.32. The first-order chi connectivity index (χ1) is 11.2. The van der Waals surface area contributed by atoms with Crippen LogP contribution >= 0.6 is 0 Å². The minimum absolute atomic E-state index is 0.186. The third-order valence-electron chi connectivity index (χ3n) is 4.47. The van der Waals surface area contributed by atoms with Crippen LogP contribution in [0.3, 0.4) is 0 Å². The Labute approximate surface area is 134 Å². The Bertz CT molecular complexity index is 773. The van der Waals surface area contributed by atoms with Crippen molar-refractivity contribution in [3.8, 4) is 0 Å². The van der Waals surface area contributed by atoms with Gasteiger partial charge < -0.3 is 9.32 Å². The molecule has 1 aliphatic heterocycles. The topological polar surface area (TPSA) is 50.5 Å². The quantitative estimate of drug-likeness (QED) is 0.626. The van der Waals surface area contributed by atoms with Crippen LogP contribution in [-0.4, -0.2) is 24.7 Å². The monoisotopic (exact) mass is 307 g/mol. The van der Waals surface area contributed by atoms with Gasteiger partial charge in [-0.15, -0.1) is 0 Å². The molecule has 0 amide bonds. The molecule has 23 heavy (non-hydrogen) atoms. The highest BCUT2D eigenvalue weighted by Crippen LogP contribution is 2.29. The van der Waals surface area contributed by atoms with E-state index in [1.807, 2.05) is 12.1 Å². The maximum Gasteiger partial charge on any atom is 0.197 e. The van der Waals surface area contributed by atoms with Gasteiger partial charge in [0.1, 0.15) is 5.76 Å². The molecule has 0 bridgehead atoms. The summed E-state index contributed by atoms with van der Waals surface area (Å²) in [7, 11) is 0. The lowest BCUT2D eigenvalue weighted by atomic mass is 10.1. The molecule has 2 aliphatic rings. The van der Waals surface area contributed by atoms with Gasteiger partial charge in [-0.3, -0.25) is 9.59 Å². The average Bonchev–Trinajstić information content (AvgIpc) is 3.16. The Morgan fingerprint density at radius 2 is 1.52 bits per heavy atom. The normalized spacial score (nSPS) is 17.6. The molecule has 0 radical (unpaired) electrons. The van der Waals surface area contributed by atoms with E-state index < -0.39 is 0 Å². The Balaban J connectivity index is 1.63. The summed E-state index contributed by atoms with van der Waals surface area (Å²) >= 11 is 0. The fourth-order valence-corrected chi connectivity index (χ4v) is 3.25. The first-order valence-corrected chi connectivity index (χ1v) is 7.99. The van der Waals surface area contributed by atoms with Crippen molar-refractivity contribution in [2.45, 2.75) is 19.3 Å². The van der Waals surface area contributed by atoms with Crippen LogP contribution in [0.15, 0.2) is 46.4 Å². The zero-order valence-corrected chi connectivity index (χ0v) is 12.7. The van der Waals surface area contributed by atoms with Gasteiger partial charge >= 0.3 is 0 Å². The van der Waals surface area contributed by atoms with Gasteiger partial charge in [0.25, 0.3) is 0 Å². The summed E-state index contributed by atoms with van der Waals surface area (Å²) in [6.45, 7) is 1.99. The minimum Gasteiger partial charge on any atom is -0.441 e. The molecular formula is C19H17NO3. The van der Waals surface area contributed by atoms with Crippen LogP contribution in [0.25, 0.3) is 6.08 Å². The average molecular weight is 307 g/mol. The van der Waals surface area contributed by atoms with Crippen molar-refractivity contribution < 1.29 is 14.0 Å². The molecule has 2 aromatic rings. The third-order valence-corrected chi connectivity index (χ3v) is 4.47. The van der Waals surface area contributed by atoms with Gasteiger partial charge in [0.05, 0.1) is 5.57 Å². The summed E-state index contributed by atoms with van der Waals surface area (Å²) in [5.41, 5.74) is 1.14. The number of allylic oxidation sites excluding steroid dienone is 1. The lowest BCUT2D eigenvalue weighted by molar-refractivity contribution is 0.0990. The Morgan fingerprint density at radius 1 is 0.870 bits per heavy atom. The molecule has 0 atom stereocenters. The SMILES string of the molecule is O=C1C(=Cc2ccc(N3CCCCC3)o2)C(=O)c2ccccc21. The molecule has 2 heterocycles. The number of fused-ring (bicyclic) bond motifs is 1. The van der Waals surface area contributed by atoms with E-state index in [0.717, 1.165) is 19.0 Å². The highest BCUT2D eigenvalue weighted by molar-refractivity contribution is 6.41. The molecule has 0 unspecified atom stereocenters. The van der Waals surface area contributed by atoms with E-state index in [2.05, 4.69) is 4.90 Å². The van der Waals surface area contributed by atoms with Gasteiger partial charge in [0, 0.05) is 30.3 Å². The molecule has 0 N–H and O–H groups in total. The molecular weight excluding hydrogens is 290 g/mol. The van der Waals surface area contributed by atoms with E-state index in [4.69, 9.17) is 4.42 Å². The van der Waals surface area contributed by atoms with E-state index in [-0.39, 0.29) is 17.1 Å². The second-order valence-corrected chi connectivity index (χ2v) is 5.99. The van der Waals surface area contributed by atoms with Gasteiger partial charge in [-0.1, -0.05) is 24.3 Å². The maximum absolute atomic E-state index is 12.4. The van der Waals surface area contributed by atoms with E-state index in [1.54, 1.807) is 30.3 Å². The van der Waals surface area contributed by atoms with Crippen LogP contribution in [0.5, 0.6) is 0 Å². The maximum atomic E-state index is 12.4. The summed E-state index contributed by atoms with van der Waals surface area (Å²) in [5, 5.41) is 0. The van der Waals surface area contributed by atoms with Gasteiger partial charge in [-0.2, -0.15) is 0 Å². The number of benzene rings is 1. The molecule has 4 heteroatoms. The first kappa shape index (κ1) is 14.0. The van der Waals surface area contributed by atoms with Gasteiger partial charge in [0.15, 0.2) is 17.5 Å². The largest absolute Gasteiger partial charge is 0.441 e. The molecule has 4 nitrogen and oxygen atoms in total. The molecule has 1 aromatic carbocycles. The number of carbonyl (C=O) groups is 2. The van der Waals surface area contributed by atoms with Crippen molar-refractivity contribution in [3.63, 3.8) is 0 Å². The number of piperidine rings is 1. The van der Waals surface area contributed by atoms with Crippen molar-refractivity contribution in [1.82, 2.24) is 0 Å². The van der Waals surface area contributed by atoms with E-state index >= 15 is 0 Å². The van der Waals surface area contributed by atoms with Crippen LogP contribution in [0.4, 0.5) is 5.88 Å². The number of hydrogen-bond donors (Lipinski definition) is 0. The van der Waals surface area contributed by atoms with E-state index in [0.29, 0.717) is 16.9 Å². The van der Waals surface area contributed by atoms with Crippen molar-refractivity contribution in [2.24, 2.45) is 0 Å². The van der Waals surface area contributed by atoms with Crippen molar-refractivity contribution >= 4 is 23.5 Å². The Morgan fingerprint density at radius 3 is 2.17 bits per heavy atom. The fraction of sp³-hybridized carbons (Fsp3) is 0.263. The van der Waals surface area contributed by atoms with E-state index in [9.17, 15) is 9.59 Å². The van der Waals surface area contributed by atoms with Gasteiger partial charge in [0.2, 0.25) is 0 Å². The summed E-state index contributed by atoms with van der Waals surface area (Å²) in [6, 6.07) is 10.7. The predicted octanol–water partition coefficient (Wildman–Crippen LogP) is 3.73. The number of rotatable bonds is 2. The summed E-state index contributed by atoms with van der Waals surface area (Å²) in [4.78, 5) is 27.0. The lowest BCUT2D eigenvalue weighted by Crippen LogP contribution is -2.28. The number of carbonyl (C=O) groups excluding carboxylic acids is 2. The van der Waals surface area contributed by atoms with Crippen molar-refractivity contribution in [1.29, 1.82) is 0 Å². The van der Waals surface area contributed by atoms with Crippen molar-refractivity contribution in [2.75, 3.05) is 18.0 Å². The molecule has 4 rings (SSSR count). The Kier molecular flexibility index (Phi) is 3.37. The summed E-state index contributed by atoms with van der Waals surface area (Å²) in [6.07, 6.45) is 5.17. The van der Waals surface area contributed by atoms with Crippen LogP contribution in [0.2, 0.25) is 0 Å². The Hall–Kier alpha value is -2.62. The molecule has 0 spiro atoms. The van der Waals surface area contributed by atoms with Crippen LogP contribution in [0, 0.1) is 0 Å². The summed E-state index contributed by atoms with van der Waals surface area (Å²) in [5.74, 6) is 0.921. The second kappa shape index (κ2) is 5.54. The third kappa shape index (κ3) is 2.40.